The van der Waals surface area contributed by atoms with Gasteiger partial charge in [0.05, 0.1) is 12.5 Å². The zero-order valence-corrected chi connectivity index (χ0v) is 22.5. The summed E-state index contributed by atoms with van der Waals surface area (Å²) in [5.74, 6) is -1.06. The third kappa shape index (κ3) is 8.11. The minimum atomic E-state index is -0.921. The third-order valence-electron chi connectivity index (χ3n) is 6.46. The molecule has 2 atom stereocenters. The Morgan fingerprint density at radius 3 is 2.12 bits per heavy atom. The highest BCUT2D eigenvalue weighted by Gasteiger charge is 2.31. The number of benzene rings is 3. The van der Waals surface area contributed by atoms with E-state index in [9.17, 15) is 19.5 Å². The second kappa shape index (κ2) is 15.5. The molecule has 1 fully saturated rings. The van der Waals surface area contributed by atoms with Crippen LogP contribution in [0.3, 0.4) is 0 Å². The minimum Gasteiger partial charge on any atom is -0.488 e. The summed E-state index contributed by atoms with van der Waals surface area (Å²) in [6, 6.07) is 18.3. The van der Waals surface area contributed by atoms with Crippen LogP contribution in [-0.2, 0) is 11.2 Å². The van der Waals surface area contributed by atoms with Crippen LogP contribution in [0.15, 0.2) is 70.3 Å². The van der Waals surface area contributed by atoms with E-state index in [1.165, 1.54) is 0 Å². The van der Waals surface area contributed by atoms with Gasteiger partial charge in [0.1, 0.15) is 17.7 Å². The van der Waals surface area contributed by atoms with Gasteiger partial charge < -0.3 is 48.0 Å². The van der Waals surface area contributed by atoms with Crippen molar-refractivity contribution in [2.75, 3.05) is 18.1 Å². The number of hydrogen-bond donors (Lipinski definition) is 3. The van der Waals surface area contributed by atoms with Crippen molar-refractivity contribution in [3.63, 3.8) is 0 Å². The van der Waals surface area contributed by atoms with E-state index in [2.05, 4.69) is 0 Å². The molecule has 1 aliphatic rings. The molecule has 1 saturated heterocycles. The SMILES string of the molecule is Cl.N=C(N)c1ccc2ccc(C[C@H](C(=O)O)c3ccc(O[C@H]4CCN(n5c(=O)c5=O)C4)cc3)cc2c1.O.O.O.O.O. The van der Waals surface area contributed by atoms with Crippen molar-refractivity contribution in [2.24, 2.45) is 5.73 Å². The third-order valence-corrected chi connectivity index (χ3v) is 6.46. The number of aromatic nitrogens is 1. The van der Waals surface area contributed by atoms with Gasteiger partial charge in [0.2, 0.25) is 0 Å². The quantitative estimate of drug-likeness (QED) is 0.116. The summed E-state index contributed by atoms with van der Waals surface area (Å²) in [4.78, 5) is 34.7. The van der Waals surface area contributed by atoms with Gasteiger partial charge in [-0.2, -0.15) is 4.68 Å². The molecule has 4 aromatic rings. The lowest BCUT2D eigenvalue weighted by Gasteiger charge is -2.17. The molecule has 0 saturated carbocycles. The second-order valence-corrected chi connectivity index (χ2v) is 8.84. The van der Waals surface area contributed by atoms with Crippen LogP contribution in [-0.4, -0.2) is 68.2 Å². The van der Waals surface area contributed by atoms with Gasteiger partial charge in [-0.1, -0.05) is 42.5 Å². The van der Waals surface area contributed by atoms with Crippen LogP contribution >= 0.6 is 12.4 Å². The van der Waals surface area contributed by atoms with Gasteiger partial charge in [-0.05, 0) is 46.5 Å². The van der Waals surface area contributed by atoms with Crippen LogP contribution in [0, 0.1) is 5.41 Å². The van der Waals surface area contributed by atoms with Gasteiger partial charge >= 0.3 is 17.1 Å². The van der Waals surface area contributed by atoms with E-state index in [1.807, 2.05) is 30.3 Å². The van der Waals surface area contributed by atoms with Gasteiger partial charge in [0.25, 0.3) is 0 Å². The number of hydrogen-bond acceptors (Lipinski definition) is 6. The number of carboxylic acid groups (broad SMARTS) is 1. The van der Waals surface area contributed by atoms with Crippen LogP contribution < -0.4 is 26.6 Å². The zero-order chi connectivity index (χ0) is 24.7. The van der Waals surface area contributed by atoms with Gasteiger partial charge in [-0.25, -0.2) is 0 Å². The maximum absolute atomic E-state index is 12.1. The summed E-state index contributed by atoms with van der Waals surface area (Å²) in [7, 11) is 0. The van der Waals surface area contributed by atoms with Crippen molar-refractivity contribution < 1.29 is 42.0 Å². The molecular formula is C26H35ClN4O10. The lowest BCUT2D eigenvalue weighted by atomic mass is 9.91. The Labute approximate surface area is 239 Å². The molecule has 2 heterocycles. The molecule has 1 aliphatic heterocycles. The summed E-state index contributed by atoms with van der Waals surface area (Å²) < 4.78 is 7.12. The molecule has 0 unspecified atom stereocenters. The molecule has 226 valence electrons. The average Bonchev–Trinajstić information content (AvgIpc) is 3.20. The predicted octanol–water partition coefficient (Wildman–Crippen LogP) is -1.98. The maximum Gasteiger partial charge on any atom is 0.340 e. The van der Waals surface area contributed by atoms with Crippen molar-refractivity contribution in [2.45, 2.75) is 24.9 Å². The van der Waals surface area contributed by atoms with Gasteiger partial charge in [-0.3, -0.25) is 19.8 Å². The molecule has 14 nitrogen and oxygen atoms in total. The molecule has 41 heavy (non-hydrogen) atoms. The molecule has 0 radical (unpaired) electrons. The van der Waals surface area contributed by atoms with Gasteiger partial charge in [0, 0.05) is 18.5 Å². The standard InChI is InChI=1S/C26H24N4O5.ClH.5H2O/c27-23(28)18-4-3-16-2-1-15(11-19(16)13-18)12-22(26(33)34)17-5-7-20(8-6-17)35-21-9-10-29(14-21)30-24(31)25(30)32;;;;;;/h1-8,11,13,21-22H,9-10,12,14H2,(H3,27,28)(H,33,34);1H;5*1H2/t21-,22-;;;;;;/m0....../s1. The Morgan fingerprint density at radius 1 is 0.951 bits per heavy atom. The van der Waals surface area contributed by atoms with Gasteiger partial charge in [0.15, 0.2) is 0 Å². The summed E-state index contributed by atoms with van der Waals surface area (Å²) in [6.07, 6.45) is 0.838. The number of carbonyl (C=O) groups is 1. The first-order valence-electron chi connectivity index (χ1n) is 11.3. The van der Waals surface area contributed by atoms with Crippen LogP contribution in [0.2, 0.25) is 0 Å². The van der Waals surface area contributed by atoms with Crippen molar-refractivity contribution in [3.8, 4) is 5.75 Å². The summed E-state index contributed by atoms with van der Waals surface area (Å²) in [5.41, 5.74) is 6.79. The van der Waals surface area contributed by atoms with E-state index in [-0.39, 0.29) is 51.7 Å². The normalized spacial score (nSPS) is 14.1. The second-order valence-electron chi connectivity index (χ2n) is 8.84. The lowest BCUT2D eigenvalue weighted by molar-refractivity contribution is -0.138. The number of nitrogens with zero attached hydrogens (tertiary/aromatic N) is 2. The molecular weight excluding hydrogens is 564 g/mol. The summed E-state index contributed by atoms with van der Waals surface area (Å²) >= 11 is 0. The minimum absolute atomic E-state index is 0. The van der Waals surface area contributed by atoms with Crippen LogP contribution in [0.5, 0.6) is 5.75 Å². The fourth-order valence-electron chi connectivity index (χ4n) is 4.52. The maximum atomic E-state index is 12.1. The number of ether oxygens (including phenoxy) is 1. The predicted molar refractivity (Wildman–Crippen MR) is 157 cm³/mol. The molecule has 1 aromatic heterocycles. The number of nitrogen functional groups attached to an aromatic ring is 1. The first-order valence-corrected chi connectivity index (χ1v) is 11.3. The van der Waals surface area contributed by atoms with Crippen LogP contribution in [0.4, 0.5) is 0 Å². The highest BCUT2D eigenvalue weighted by atomic mass is 35.5. The van der Waals surface area contributed by atoms with Crippen LogP contribution in [0.1, 0.15) is 29.0 Å². The van der Waals surface area contributed by atoms with E-state index < -0.39 is 23.0 Å². The molecule has 0 aliphatic carbocycles. The number of nitrogens with two attached hydrogens (primary N) is 1. The number of carboxylic acids is 1. The molecule has 14 N–H and O–H groups in total. The molecule has 0 spiro atoms. The first kappa shape index (κ1) is 38.8. The average molecular weight is 599 g/mol. The fraction of sp³-hybridized carbons (Fsp3) is 0.231. The van der Waals surface area contributed by atoms with Crippen molar-refractivity contribution in [3.05, 3.63) is 98.1 Å². The Morgan fingerprint density at radius 2 is 1.56 bits per heavy atom. The Balaban J connectivity index is 0. The number of fused-ring (bicyclic) bond motifs is 1. The van der Waals surface area contributed by atoms with E-state index in [4.69, 9.17) is 15.9 Å². The number of aliphatic carboxylic acids is 1. The van der Waals surface area contributed by atoms with Crippen molar-refractivity contribution in [1.29, 1.82) is 5.41 Å². The number of rotatable bonds is 8. The molecule has 15 heteroatoms. The van der Waals surface area contributed by atoms with E-state index in [0.29, 0.717) is 42.8 Å². The first-order chi connectivity index (χ1) is 16.8. The Kier molecular flexibility index (Phi) is 14.7. The topological polar surface area (TPSA) is 296 Å². The Bertz CT molecular complexity index is 1490. The highest BCUT2D eigenvalue weighted by molar-refractivity contribution is 5.99. The smallest absolute Gasteiger partial charge is 0.340 e. The Hall–Kier alpha value is -4.31. The summed E-state index contributed by atoms with van der Waals surface area (Å²) in [5, 5.41) is 21.1. The van der Waals surface area contributed by atoms with Crippen LogP contribution in [0.25, 0.3) is 10.8 Å². The van der Waals surface area contributed by atoms with Crippen molar-refractivity contribution >= 4 is 35.0 Å². The zero-order valence-electron chi connectivity index (χ0n) is 21.7. The summed E-state index contributed by atoms with van der Waals surface area (Å²) in [6.45, 7) is 1.02. The molecule has 5 rings (SSSR count). The van der Waals surface area contributed by atoms with Gasteiger partial charge in [-0.15, -0.1) is 12.4 Å². The lowest BCUT2D eigenvalue weighted by Crippen LogP contribution is -2.33. The highest BCUT2D eigenvalue weighted by Crippen LogP contribution is 2.27. The van der Waals surface area contributed by atoms with E-state index in [1.54, 1.807) is 35.3 Å². The van der Waals surface area contributed by atoms with E-state index in [0.717, 1.165) is 21.0 Å². The fourth-order valence-corrected chi connectivity index (χ4v) is 4.52. The molecule has 0 amide bonds. The monoisotopic (exact) mass is 598 g/mol. The molecule has 3 aromatic carbocycles. The van der Waals surface area contributed by atoms with E-state index >= 15 is 0 Å². The van der Waals surface area contributed by atoms with Crippen molar-refractivity contribution in [1.82, 2.24) is 4.68 Å². The number of nitrogens with one attached hydrogen (secondary N) is 1. The number of halogens is 1. The largest absolute Gasteiger partial charge is 0.488 e. The number of amidine groups is 1. The molecule has 0 bridgehead atoms.